The van der Waals surface area contributed by atoms with E-state index in [1.807, 2.05) is 37.3 Å². The summed E-state index contributed by atoms with van der Waals surface area (Å²) in [5.74, 6) is -1.53. The highest BCUT2D eigenvalue weighted by molar-refractivity contribution is 7.80. The maximum atomic E-state index is 11.5. The number of aryl methyl sites for hydroxylation is 1. The first-order chi connectivity index (χ1) is 10.5. The van der Waals surface area contributed by atoms with Crippen molar-refractivity contribution in [3.8, 4) is 0 Å². The molecular weight excluding hydrogens is 298 g/mol. The molecule has 22 heavy (non-hydrogen) atoms. The molecule has 0 atom stereocenters. The second-order valence-corrected chi connectivity index (χ2v) is 5.71. The third-order valence-corrected chi connectivity index (χ3v) is 4.22. The van der Waals surface area contributed by atoms with Gasteiger partial charge in [-0.05, 0) is 30.7 Å². The first-order valence-corrected chi connectivity index (χ1v) is 7.46. The van der Waals surface area contributed by atoms with E-state index in [2.05, 4.69) is 12.6 Å². The summed E-state index contributed by atoms with van der Waals surface area (Å²) in [6.45, 7) is 2.90. The third-order valence-electron chi connectivity index (χ3n) is 3.83. The number of amides is 1. The molecule has 0 spiro atoms. The van der Waals surface area contributed by atoms with Crippen LogP contribution in [0, 0.1) is 6.92 Å². The Labute approximate surface area is 134 Å². The van der Waals surface area contributed by atoms with Crippen molar-refractivity contribution in [2.45, 2.75) is 17.6 Å². The maximum Gasteiger partial charge on any atom is 0.248 e. The molecule has 1 saturated heterocycles. The van der Waals surface area contributed by atoms with Crippen LogP contribution >= 0.6 is 12.6 Å². The Morgan fingerprint density at radius 3 is 2.45 bits per heavy atom. The van der Waals surface area contributed by atoms with Crippen molar-refractivity contribution in [1.82, 2.24) is 0 Å². The average Bonchev–Trinajstić information content (AvgIpc) is 2.98. The van der Waals surface area contributed by atoms with E-state index >= 15 is 0 Å². The Balaban J connectivity index is 2.23. The minimum absolute atomic E-state index is 0.427. The number of carbonyl (C=O) groups is 1. The van der Waals surface area contributed by atoms with Crippen LogP contribution in [-0.4, -0.2) is 19.1 Å². The van der Waals surface area contributed by atoms with Crippen molar-refractivity contribution in [2.75, 3.05) is 13.2 Å². The first kappa shape index (κ1) is 15.1. The number of primary amides is 1. The summed E-state index contributed by atoms with van der Waals surface area (Å²) >= 11 is 4.53. The van der Waals surface area contributed by atoms with Gasteiger partial charge in [0.25, 0.3) is 0 Å². The Hall–Kier alpha value is -1.82. The molecule has 1 amide bonds. The number of nitrogens with two attached hydrogens (primary N) is 1. The van der Waals surface area contributed by atoms with Gasteiger partial charge in [0.1, 0.15) is 0 Å². The highest BCUT2D eigenvalue weighted by Crippen LogP contribution is 2.42. The lowest BCUT2D eigenvalue weighted by atomic mass is 9.92. The van der Waals surface area contributed by atoms with Gasteiger partial charge in [-0.25, -0.2) is 0 Å². The Kier molecular flexibility index (Phi) is 3.95. The third kappa shape index (κ3) is 2.41. The number of ether oxygens (including phenoxy) is 2. The van der Waals surface area contributed by atoms with Gasteiger partial charge in [-0.1, -0.05) is 24.3 Å². The van der Waals surface area contributed by atoms with Gasteiger partial charge in [0, 0.05) is 21.6 Å². The quantitative estimate of drug-likeness (QED) is 0.856. The van der Waals surface area contributed by atoms with Gasteiger partial charge in [0.2, 0.25) is 11.7 Å². The zero-order valence-electron chi connectivity index (χ0n) is 12.2. The Morgan fingerprint density at radius 2 is 1.82 bits per heavy atom. The fourth-order valence-corrected chi connectivity index (χ4v) is 3.06. The predicted octanol–water partition coefficient (Wildman–Crippen LogP) is 2.63. The van der Waals surface area contributed by atoms with Gasteiger partial charge in [0.05, 0.1) is 13.2 Å². The molecule has 0 aliphatic carbocycles. The standard InChI is InChI=1S/C17H17NO3S/c1-11-6-7-12(16(18)19)10-14(11)17(20-8-9-21-17)13-4-2-3-5-15(13)22/h2-7,10,22H,8-9H2,1H3,(H2,18,19). The molecule has 3 rings (SSSR count). The summed E-state index contributed by atoms with van der Waals surface area (Å²) in [5.41, 5.74) is 8.40. The monoisotopic (exact) mass is 315 g/mol. The van der Waals surface area contributed by atoms with Crippen LogP contribution in [0.25, 0.3) is 0 Å². The van der Waals surface area contributed by atoms with Crippen molar-refractivity contribution in [3.05, 3.63) is 64.7 Å². The maximum absolute atomic E-state index is 11.5. The van der Waals surface area contributed by atoms with E-state index in [4.69, 9.17) is 15.2 Å². The molecule has 0 bridgehead atoms. The van der Waals surface area contributed by atoms with E-state index in [1.165, 1.54) is 0 Å². The van der Waals surface area contributed by atoms with Crippen LogP contribution in [0.4, 0.5) is 0 Å². The lowest BCUT2D eigenvalue weighted by molar-refractivity contribution is -0.132. The lowest BCUT2D eigenvalue weighted by Gasteiger charge is -2.31. The lowest BCUT2D eigenvalue weighted by Crippen LogP contribution is -2.31. The summed E-state index contributed by atoms with van der Waals surface area (Å²) in [7, 11) is 0. The summed E-state index contributed by atoms with van der Waals surface area (Å²) < 4.78 is 12.0. The molecule has 2 N–H and O–H groups in total. The van der Waals surface area contributed by atoms with E-state index in [-0.39, 0.29) is 0 Å². The van der Waals surface area contributed by atoms with Crippen LogP contribution in [0.5, 0.6) is 0 Å². The molecule has 2 aromatic carbocycles. The topological polar surface area (TPSA) is 61.6 Å². The smallest absolute Gasteiger partial charge is 0.248 e. The normalized spacial score (nSPS) is 16.6. The molecule has 114 valence electrons. The van der Waals surface area contributed by atoms with Gasteiger partial charge in [-0.3, -0.25) is 4.79 Å². The van der Waals surface area contributed by atoms with Crippen molar-refractivity contribution in [1.29, 1.82) is 0 Å². The van der Waals surface area contributed by atoms with E-state index < -0.39 is 11.7 Å². The largest absolute Gasteiger partial charge is 0.366 e. The molecule has 5 heteroatoms. The van der Waals surface area contributed by atoms with Crippen molar-refractivity contribution in [3.63, 3.8) is 0 Å². The minimum atomic E-state index is -1.05. The van der Waals surface area contributed by atoms with Crippen molar-refractivity contribution < 1.29 is 14.3 Å². The van der Waals surface area contributed by atoms with E-state index in [1.54, 1.807) is 12.1 Å². The van der Waals surface area contributed by atoms with Crippen LogP contribution in [-0.2, 0) is 15.3 Å². The van der Waals surface area contributed by atoms with Gasteiger partial charge in [-0.15, -0.1) is 12.6 Å². The Morgan fingerprint density at radius 1 is 1.14 bits per heavy atom. The minimum Gasteiger partial charge on any atom is -0.366 e. The fraction of sp³-hybridized carbons (Fsp3) is 0.235. The van der Waals surface area contributed by atoms with Gasteiger partial charge in [0.15, 0.2) is 0 Å². The second kappa shape index (κ2) is 5.76. The molecule has 1 heterocycles. The summed E-state index contributed by atoms with van der Waals surface area (Å²) in [5, 5.41) is 0. The molecular formula is C17H17NO3S. The average molecular weight is 315 g/mol. The second-order valence-electron chi connectivity index (χ2n) is 5.22. The number of benzene rings is 2. The highest BCUT2D eigenvalue weighted by Gasteiger charge is 2.43. The molecule has 1 aliphatic heterocycles. The molecule has 0 radical (unpaired) electrons. The van der Waals surface area contributed by atoms with Crippen LogP contribution in [0.3, 0.4) is 0 Å². The molecule has 0 unspecified atom stereocenters. The number of carbonyl (C=O) groups excluding carboxylic acids is 1. The summed E-state index contributed by atoms with van der Waals surface area (Å²) in [4.78, 5) is 12.3. The first-order valence-electron chi connectivity index (χ1n) is 7.02. The van der Waals surface area contributed by atoms with E-state index in [9.17, 15) is 4.79 Å². The molecule has 2 aromatic rings. The zero-order chi connectivity index (χ0) is 15.7. The molecule has 1 aliphatic rings. The van der Waals surface area contributed by atoms with Crippen molar-refractivity contribution in [2.24, 2.45) is 5.73 Å². The number of hydrogen-bond acceptors (Lipinski definition) is 4. The number of thiol groups is 1. The van der Waals surface area contributed by atoms with E-state index in [0.717, 1.165) is 21.6 Å². The molecule has 1 fully saturated rings. The van der Waals surface area contributed by atoms with Crippen LogP contribution in [0.15, 0.2) is 47.4 Å². The summed E-state index contributed by atoms with van der Waals surface area (Å²) in [6.07, 6.45) is 0. The molecule has 0 aromatic heterocycles. The zero-order valence-corrected chi connectivity index (χ0v) is 13.1. The van der Waals surface area contributed by atoms with Crippen LogP contribution < -0.4 is 5.73 Å². The van der Waals surface area contributed by atoms with Gasteiger partial charge in [-0.2, -0.15) is 0 Å². The summed E-state index contributed by atoms with van der Waals surface area (Å²) in [6, 6.07) is 12.9. The van der Waals surface area contributed by atoms with Gasteiger partial charge >= 0.3 is 0 Å². The fourth-order valence-electron chi connectivity index (χ4n) is 2.75. The Bertz CT molecular complexity index is 724. The highest BCUT2D eigenvalue weighted by atomic mass is 32.1. The molecule has 0 saturated carbocycles. The predicted molar refractivity (Wildman–Crippen MR) is 86.1 cm³/mol. The van der Waals surface area contributed by atoms with Gasteiger partial charge < -0.3 is 15.2 Å². The SMILES string of the molecule is Cc1ccc(C(N)=O)cc1C1(c2ccccc2S)OCCO1. The van der Waals surface area contributed by atoms with Crippen LogP contribution in [0.2, 0.25) is 0 Å². The van der Waals surface area contributed by atoms with Crippen LogP contribution in [0.1, 0.15) is 27.0 Å². The van der Waals surface area contributed by atoms with Crippen molar-refractivity contribution >= 4 is 18.5 Å². The molecule has 4 nitrogen and oxygen atoms in total. The number of hydrogen-bond donors (Lipinski definition) is 2. The van der Waals surface area contributed by atoms with E-state index in [0.29, 0.717) is 18.8 Å². The number of rotatable bonds is 3.